The van der Waals surface area contributed by atoms with Crippen molar-refractivity contribution in [3.8, 4) is 0 Å². The van der Waals surface area contributed by atoms with Gasteiger partial charge in [-0.1, -0.05) is 13.8 Å². The highest BCUT2D eigenvalue weighted by Gasteiger charge is 2.15. The summed E-state index contributed by atoms with van der Waals surface area (Å²) in [5.74, 6) is 0. The van der Waals surface area contributed by atoms with Crippen LogP contribution in [-0.4, -0.2) is 60.8 Å². The van der Waals surface area contributed by atoms with Crippen molar-refractivity contribution in [2.75, 3.05) is 52.4 Å². The third-order valence-corrected chi connectivity index (χ3v) is 5.12. The molecule has 0 amide bonds. The summed E-state index contributed by atoms with van der Waals surface area (Å²) in [6, 6.07) is 0. The van der Waals surface area contributed by atoms with Crippen molar-refractivity contribution >= 4 is 24.6 Å². The molecule has 0 aliphatic rings. The molecule has 0 bridgehead atoms. The fourth-order valence-electron chi connectivity index (χ4n) is 0.333. The lowest BCUT2D eigenvalue weighted by Gasteiger charge is -2.08. The van der Waals surface area contributed by atoms with E-state index in [1.54, 1.807) is 20.3 Å². The Morgan fingerprint density at radius 1 is 0.895 bits per heavy atom. The topological polar surface area (TPSA) is 86.7 Å². The smallest absolute Gasteiger partial charge is 0.324 e. The average Bonchev–Trinajstić information content (AvgIpc) is 2.26. The first-order valence-electron chi connectivity index (χ1n) is 5.64. The number of rotatable bonds is 4. The van der Waals surface area contributed by atoms with Crippen LogP contribution in [-0.2, 0) is 28.0 Å². The van der Waals surface area contributed by atoms with E-state index in [-0.39, 0.29) is 0 Å². The van der Waals surface area contributed by atoms with E-state index in [0.717, 1.165) is 18.7 Å². The number of hydrogen-bond donors (Lipinski definition) is 0. The molecule has 0 fully saturated rings. The molecule has 0 N–H and O–H groups in total. The first-order chi connectivity index (χ1) is 8.24. The molecule has 19 heavy (non-hydrogen) atoms. The lowest BCUT2D eigenvalue weighted by Crippen LogP contribution is -1.89. The molecule has 0 unspecified atom stereocenters. The Hall–Kier alpha value is 0.330. The zero-order chi connectivity index (χ0) is 16.3. The highest BCUT2D eigenvalue weighted by molar-refractivity contribution is 7.89. The summed E-state index contributed by atoms with van der Waals surface area (Å²) >= 11 is 0. The summed E-state index contributed by atoms with van der Waals surface area (Å²) in [4.78, 5) is 0. The second-order valence-corrected chi connectivity index (χ2v) is 13.0. The van der Waals surface area contributed by atoms with Crippen LogP contribution in [0.1, 0.15) is 13.8 Å². The van der Waals surface area contributed by atoms with Gasteiger partial charge in [0.25, 0.3) is 0 Å². The second kappa shape index (κ2) is 11.0. The molecule has 6 nitrogen and oxygen atoms in total. The first-order valence-corrected chi connectivity index (χ1v) is 12.5. The molecule has 0 aliphatic carbocycles. The average molecular weight is 338 g/mol. The van der Waals surface area contributed by atoms with E-state index in [0.29, 0.717) is 6.16 Å². The molecule has 0 saturated carbocycles. The third kappa shape index (κ3) is 32.2. The minimum Gasteiger partial charge on any atom is -0.324 e. The van der Waals surface area contributed by atoms with Crippen molar-refractivity contribution < 1.29 is 26.6 Å². The monoisotopic (exact) mass is 338 g/mol. The summed E-state index contributed by atoms with van der Waals surface area (Å²) in [7, 11) is -4.21. The van der Waals surface area contributed by atoms with Gasteiger partial charge in [-0.15, -0.1) is 0 Å². The highest BCUT2D eigenvalue weighted by atomic mass is 32.2. The zero-order valence-corrected chi connectivity index (χ0v) is 15.8. The van der Waals surface area contributed by atoms with Crippen LogP contribution in [0.3, 0.4) is 0 Å². The Morgan fingerprint density at radius 2 is 1.11 bits per heavy atom. The van der Waals surface area contributed by atoms with Gasteiger partial charge < -0.3 is 13.6 Å². The van der Waals surface area contributed by atoms with Crippen molar-refractivity contribution in [1.82, 2.24) is 0 Å². The van der Waals surface area contributed by atoms with Crippen LogP contribution in [0.2, 0.25) is 0 Å². The Morgan fingerprint density at radius 3 is 1.11 bits per heavy atom. The Kier molecular flexibility index (Phi) is 14.2. The summed E-state index contributed by atoms with van der Waals surface area (Å²) in [5, 5.41) is 0. The maximum Gasteiger partial charge on any atom is 0.329 e. The lowest BCUT2D eigenvalue weighted by atomic mass is 11.0. The quantitative estimate of drug-likeness (QED) is 0.733. The van der Waals surface area contributed by atoms with Crippen LogP contribution >= 0.6 is 14.7 Å². The van der Waals surface area contributed by atoms with Gasteiger partial charge in [0.1, 0.15) is 9.84 Å². The predicted octanol–water partition coefficient (Wildman–Crippen LogP) is 2.78. The molecule has 0 aliphatic heterocycles. The summed E-state index contributed by atoms with van der Waals surface area (Å²) in [5.41, 5.74) is 0. The van der Waals surface area contributed by atoms with Crippen LogP contribution in [0.15, 0.2) is 0 Å². The van der Waals surface area contributed by atoms with Crippen molar-refractivity contribution in [3.05, 3.63) is 0 Å². The minimum absolute atomic E-state index is 0.431. The molecular weight excluding hydrogens is 310 g/mol. The van der Waals surface area contributed by atoms with E-state index in [2.05, 4.69) is 9.05 Å². The molecule has 0 aromatic carbocycles. The third-order valence-electron chi connectivity index (χ3n) is 1.71. The van der Waals surface area contributed by atoms with Crippen molar-refractivity contribution in [3.63, 3.8) is 0 Å². The molecule has 0 saturated heterocycles. The van der Waals surface area contributed by atoms with Crippen LogP contribution in [0.4, 0.5) is 0 Å². The standard InChI is InChI=1S/C4H11O3P.C4H11OP.C2H6O2S/c1-4-8(5,6-2)7-3;1-4-6(2,3)5;1-5(2,3)4/h4H2,1-3H3;4H2,1-3H3;1-2H3. The number of hydrogen-bond acceptors (Lipinski definition) is 6. The van der Waals surface area contributed by atoms with E-state index in [9.17, 15) is 17.5 Å². The maximum absolute atomic E-state index is 10.9. The summed E-state index contributed by atoms with van der Waals surface area (Å²) in [6.45, 7) is 7.30. The number of sulfone groups is 1. The van der Waals surface area contributed by atoms with E-state index in [4.69, 9.17) is 0 Å². The highest BCUT2D eigenvalue weighted by Crippen LogP contribution is 2.45. The molecule has 120 valence electrons. The molecule has 0 heterocycles. The molecule has 0 radical (unpaired) electrons. The predicted molar refractivity (Wildman–Crippen MR) is 82.9 cm³/mol. The van der Waals surface area contributed by atoms with Crippen LogP contribution in [0, 0.1) is 0 Å². The molecule has 0 aromatic heterocycles. The second-order valence-electron chi connectivity index (χ2n) is 4.33. The van der Waals surface area contributed by atoms with Gasteiger partial charge in [-0.25, -0.2) is 8.42 Å². The van der Waals surface area contributed by atoms with E-state index in [1.165, 1.54) is 14.2 Å². The van der Waals surface area contributed by atoms with E-state index >= 15 is 0 Å². The largest absolute Gasteiger partial charge is 0.329 e. The van der Waals surface area contributed by atoms with Gasteiger partial charge in [-0.05, 0) is 19.5 Å². The normalized spacial score (nSPS) is 11.8. The van der Waals surface area contributed by atoms with Crippen molar-refractivity contribution in [2.45, 2.75) is 13.8 Å². The Balaban J connectivity index is -0.000000209. The van der Waals surface area contributed by atoms with Gasteiger partial charge >= 0.3 is 7.60 Å². The van der Waals surface area contributed by atoms with E-state index < -0.39 is 24.6 Å². The van der Waals surface area contributed by atoms with Crippen molar-refractivity contribution in [2.24, 2.45) is 0 Å². The lowest BCUT2D eigenvalue weighted by molar-refractivity contribution is 0.277. The van der Waals surface area contributed by atoms with Gasteiger partial charge in [0, 0.05) is 32.9 Å². The minimum atomic E-state index is -2.67. The van der Waals surface area contributed by atoms with Gasteiger partial charge in [0.2, 0.25) is 0 Å². The van der Waals surface area contributed by atoms with E-state index in [1.807, 2.05) is 6.92 Å². The van der Waals surface area contributed by atoms with Crippen LogP contribution in [0.25, 0.3) is 0 Å². The molecule has 0 rings (SSSR count). The zero-order valence-electron chi connectivity index (χ0n) is 13.2. The molecule has 0 atom stereocenters. The van der Waals surface area contributed by atoms with Gasteiger partial charge in [0.15, 0.2) is 0 Å². The Labute approximate surface area is 118 Å². The maximum atomic E-state index is 10.9. The van der Waals surface area contributed by atoms with Crippen molar-refractivity contribution in [1.29, 1.82) is 0 Å². The molecular formula is C10H28O6P2S. The van der Waals surface area contributed by atoms with Crippen LogP contribution in [0.5, 0.6) is 0 Å². The summed E-state index contributed by atoms with van der Waals surface area (Å²) in [6.07, 6.45) is 3.58. The Bertz CT molecular complexity index is 371. The fourth-order valence-corrected chi connectivity index (χ4v) is 0.998. The summed E-state index contributed by atoms with van der Waals surface area (Å²) < 4.78 is 49.9. The van der Waals surface area contributed by atoms with Gasteiger partial charge in [-0.3, -0.25) is 4.57 Å². The fraction of sp³-hybridized carbons (Fsp3) is 1.00. The molecule has 9 heteroatoms. The molecule has 0 aromatic rings. The SMILES string of the molecule is CCP(=O)(OC)OC.CCP(C)(C)=O.CS(C)(=O)=O. The van der Waals surface area contributed by atoms with Gasteiger partial charge in [-0.2, -0.15) is 0 Å². The first kappa shape index (κ1) is 24.4. The molecule has 0 spiro atoms. The van der Waals surface area contributed by atoms with Gasteiger partial charge in [0.05, 0.1) is 7.14 Å². The van der Waals surface area contributed by atoms with Crippen LogP contribution < -0.4 is 0 Å².